The minimum atomic E-state index is 1.05. The van der Waals surface area contributed by atoms with Gasteiger partial charge in [-0.25, -0.2) is 0 Å². The lowest BCUT2D eigenvalue weighted by Gasteiger charge is -2.03. The molecule has 14 heavy (non-hydrogen) atoms. The lowest BCUT2D eigenvalue weighted by Crippen LogP contribution is -1.83. The summed E-state index contributed by atoms with van der Waals surface area (Å²) in [4.78, 5) is 0. The first kappa shape index (κ1) is 9.80. The summed E-state index contributed by atoms with van der Waals surface area (Å²) in [6, 6.07) is 7.96. The molecule has 2 rings (SSSR count). The van der Waals surface area contributed by atoms with Crippen LogP contribution in [0, 0.1) is 0 Å². The van der Waals surface area contributed by atoms with E-state index in [4.69, 9.17) is 0 Å². The first-order valence-corrected chi connectivity index (χ1v) is 5.58. The number of rotatable bonds is 1. The van der Waals surface area contributed by atoms with E-state index in [1.54, 1.807) is 12.4 Å². The van der Waals surface area contributed by atoms with Gasteiger partial charge in [0.2, 0.25) is 0 Å². The van der Waals surface area contributed by atoms with Crippen molar-refractivity contribution in [3.63, 3.8) is 0 Å². The number of aromatic nitrogens is 2. The monoisotopic (exact) mass is 312 g/mol. The largest absolute Gasteiger partial charge is 0.159 e. The minimum Gasteiger partial charge on any atom is -0.159 e. The summed E-state index contributed by atoms with van der Waals surface area (Å²) in [5.41, 5.74) is 2.16. The summed E-state index contributed by atoms with van der Waals surface area (Å²) in [7, 11) is 0. The van der Waals surface area contributed by atoms with Crippen LogP contribution < -0.4 is 0 Å². The van der Waals surface area contributed by atoms with E-state index in [2.05, 4.69) is 42.1 Å². The van der Waals surface area contributed by atoms with Gasteiger partial charge in [0.05, 0.1) is 12.4 Å². The molecule has 0 atom stereocenters. The van der Waals surface area contributed by atoms with Crippen LogP contribution in [0.1, 0.15) is 0 Å². The van der Waals surface area contributed by atoms with Crippen molar-refractivity contribution in [2.75, 3.05) is 0 Å². The van der Waals surface area contributed by atoms with Crippen LogP contribution in [0.2, 0.25) is 0 Å². The molecule has 0 saturated carbocycles. The van der Waals surface area contributed by atoms with E-state index in [0.717, 1.165) is 20.1 Å². The fraction of sp³-hybridized carbons (Fsp3) is 0. The van der Waals surface area contributed by atoms with Crippen molar-refractivity contribution in [1.82, 2.24) is 10.2 Å². The molecule has 0 N–H and O–H groups in total. The van der Waals surface area contributed by atoms with Gasteiger partial charge in [-0.3, -0.25) is 0 Å². The molecule has 0 bridgehead atoms. The average Bonchev–Trinajstić information content (AvgIpc) is 2.23. The zero-order valence-corrected chi connectivity index (χ0v) is 10.3. The zero-order valence-electron chi connectivity index (χ0n) is 7.11. The van der Waals surface area contributed by atoms with E-state index >= 15 is 0 Å². The molecule has 1 aromatic heterocycles. The highest BCUT2D eigenvalue weighted by Crippen LogP contribution is 2.29. The maximum atomic E-state index is 3.85. The van der Waals surface area contributed by atoms with Crippen LogP contribution in [-0.2, 0) is 0 Å². The molecule has 4 heteroatoms. The third-order valence-corrected chi connectivity index (χ3v) is 3.01. The molecule has 0 radical (unpaired) electrons. The van der Waals surface area contributed by atoms with Gasteiger partial charge in [0.25, 0.3) is 0 Å². The van der Waals surface area contributed by atoms with E-state index < -0.39 is 0 Å². The number of benzene rings is 1. The Morgan fingerprint density at radius 3 is 2.57 bits per heavy atom. The molecular formula is C10H6Br2N2. The van der Waals surface area contributed by atoms with Crippen LogP contribution in [-0.4, -0.2) is 10.2 Å². The molecule has 0 saturated heterocycles. The SMILES string of the molecule is Brc1ccc(Br)c(-c2ccnnc2)c1. The number of hydrogen-bond donors (Lipinski definition) is 0. The van der Waals surface area contributed by atoms with Crippen LogP contribution in [0.5, 0.6) is 0 Å². The fourth-order valence-electron chi connectivity index (χ4n) is 1.17. The third kappa shape index (κ3) is 2.01. The molecule has 70 valence electrons. The molecule has 0 aliphatic rings. The Morgan fingerprint density at radius 2 is 1.86 bits per heavy atom. The molecule has 0 aliphatic carbocycles. The van der Waals surface area contributed by atoms with Crippen molar-refractivity contribution < 1.29 is 0 Å². The summed E-state index contributed by atoms with van der Waals surface area (Å²) in [6.07, 6.45) is 3.43. The number of nitrogens with zero attached hydrogens (tertiary/aromatic N) is 2. The van der Waals surface area contributed by atoms with Crippen LogP contribution in [0.25, 0.3) is 11.1 Å². The lowest BCUT2D eigenvalue weighted by molar-refractivity contribution is 1.03. The Bertz CT molecular complexity index is 443. The fourth-order valence-corrected chi connectivity index (χ4v) is 2.01. The Labute approximate surface area is 98.6 Å². The second-order valence-corrected chi connectivity index (χ2v) is 4.53. The number of halogens is 2. The van der Waals surface area contributed by atoms with Crippen molar-refractivity contribution in [3.05, 3.63) is 45.6 Å². The van der Waals surface area contributed by atoms with Crippen LogP contribution >= 0.6 is 31.9 Å². The first-order chi connectivity index (χ1) is 6.77. The van der Waals surface area contributed by atoms with E-state index in [9.17, 15) is 0 Å². The number of hydrogen-bond acceptors (Lipinski definition) is 2. The van der Waals surface area contributed by atoms with Crippen molar-refractivity contribution in [2.45, 2.75) is 0 Å². The van der Waals surface area contributed by atoms with E-state index in [1.807, 2.05) is 24.3 Å². The molecule has 0 unspecified atom stereocenters. The van der Waals surface area contributed by atoms with Gasteiger partial charge in [0, 0.05) is 14.5 Å². The lowest BCUT2D eigenvalue weighted by atomic mass is 10.1. The van der Waals surface area contributed by atoms with Crippen molar-refractivity contribution in [3.8, 4) is 11.1 Å². The quantitative estimate of drug-likeness (QED) is 0.803. The molecule has 0 fully saturated rings. The first-order valence-electron chi connectivity index (χ1n) is 3.99. The molecular weight excluding hydrogens is 308 g/mol. The summed E-state index contributed by atoms with van der Waals surface area (Å²) in [5.74, 6) is 0. The highest BCUT2D eigenvalue weighted by atomic mass is 79.9. The van der Waals surface area contributed by atoms with Crippen LogP contribution in [0.15, 0.2) is 45.6 Å². The van der Waals surface area contributed by atoms with Gasteiger partial charge in [-0.15, -0.1) is 0 Å². The van der Waals surface area contributed by atoms with Crippen molar-refractivity contribution in [2.24, 2.45) is 0 Å². The van der Waals surface area contributed by atoms with Gasteiger partial charge in [-0.05, 0) is 29.8 Å². The highest BCUT2D eigenvalue weighted by molar-refractivity contribution is 9.11. The summed E-state index contributed by atoms with van der Waals surface area (Å²) in [6.45, 7) is 0. The highest BCUT2D eigenvalue weighted by Gasteiger charge is 2.03. The van der Waals surface area contributed by atoms with Crippen LogP contribution in [0.3, 0.4) is 0 Å². The van der Waals surface area contributed by atoms with Crippen LogP contribution in [0.4, 0.5) is 0 Å². The van der Waals surface area contributed by atoms with Gasteiger partial charge in [0.15, 0.2) is 0 Å². The second-order valence-electron chi connectivity index (χ2n) is 2.76. The predicted octanol–water partition coefficient (Wildman–Crippen LogP) is 3.67. The van der Waals surface area contributed by atoms with Crippen molar-refractivity contribution in [1.29, 1.82) is 0 Å². The Morgan fingerprint density at radius 1 is 1.00 bits per heavy atom. The summed E-state index contributed by atoms with van der Waals surface area (Å²) < 4.78 is 2.10. The Balaban J connectivity index is 2.57. The van der Waals surface area contributed by atoms with Crippen molar-refractivity contribution >= 4 is 31.9 Å². The van der Waals surface area contributed by atoms with Gasteiger partial charge >= 0.3 is 0 Å². The molecule has 0 aliphatic heterocycles. The van der Waals surface area contributed by atoms with E-state index in [-0.39, 0.29) is 0 Å². The predicted molar refractivity (Wildman–Crippen MR) is 62.9 cm³/mol. The minimum absolute atomic E-state index is 1.05. The Hall–Kier alpha value is -0.740. The van der Waals surface area contributed by atoms with E-state index in [0.29, 0.717) is 0 Å². The standard InChI is InChI=1S/C10H6Br2N2/c11-8-1-2-10(12)9(5-8)7-3-4-13-14-6-7/h1-6H. The molecule has 0 spiro atoms. The average molecular weight is 314 g/mol. The van der Waals surface area contributed by atoms with Gasteiger partial charge in [-0.2, -0.15) is 10.2 Å². The molecule has 2 aromatic rings. The van der Waals surface area contributed by atoms with Gasteiger partial charge < -0.3 is 0 Å². The summed E-state index contributed by atoms with van der Waals surface area (Å²) >= 11 is 6.93. The molecule has 2 nitrogen and oxygen atoms in total. The second kappa shape index (κ2) is 4.19. The molecule has 1 aromatic carbocycles. The maximum absolute atomic E-state index is 3.85. The zero-order chi connectivity index (χ0) is 9.97. The summed E-state index contributed by atoms with van der Waals surface area (Å²) in [5, 5.41) is 7.59. The maximum Gasteiger partial charge on any atom is 0.0575 e. The van der Waals surface area contributed by atoms with Gasteiger partial charge in [0.1, 0.15) is 0 Å². The van der Waals surface area contributed by atoms with Gasteiger partial charge in [-0.1, -0.05) is 31.9 Å². The van der Waals surface area contributed by atoms with E-state index in [1.165, 1.54) is 0 Å². The molecule has 0 amide bonds. The normalized spacial score (nSPS) is 10.1. The molecule has 1 heterocycles. The smallest absolute Gasteiger partial charge is 0.0575 e. The Kier molecular flexibility index (Phi) is 2.93. The third-order valence-electron chi connectivity index (χ3n) is 1.82. The topological polar surface area (TPSA) is 25.8 Å².